The predicted molar refractivity (Wildman–Crippen MR) is 78.3 cm³/mol. The van der Waals surface area contributed by atoms with Crippen molar-refractivity contribution in [2.75, 3.05) is 26.3 Å². The van der Waals surface area contributed by atoms with E-state index >= 15 is 0 Å². The van der Waals surface area contributed by atoms with E-state index < -0.39 is 21.9 Å². The van der Waals surface area contributed by atoms with Crippen molar-refractivity contribution in [3.8, 4) is 0 Å². The number of carbonyl (C=O) groups excluding carboxylic acids is 1. The van der Waals surface area contributed by atoms with Gasteiger partial charge in [0.05, 0.1) is 24.2 Å². The highest BCUT2D eigenvalue weighted by Crippen LogP contribution is 2.15. The van der Waals surface area contributed by atoms with Crippen LogP contribution in [0.15, 0.2) is 23.1 Å². The van der Waals surface area contributed by atoms with E-state index in [0.29, 0.717) is 26.3 Å². The topological polar surface area (TPSA) is 75.7 Å². The first-order chi connectivity index (χ1) is 10.3. The summed E-state index contributed by atoms with van der Waals surface area (Å²) in [6, 6.07) is 2.62. The van der Waals surface area contributed by atoms with Gasteiger partial charge in [-0.15, -0.1) is 0 Å². The minimum absolute atomic E-state index is 0.0620. The monoisotopic (exact) mass is 330 g/mol. The normalized spacial score (nSPS) is 17.3. The molecule has 0 radical (unpaired) electrons. The molecule has 2 rings (SSSR count). The number of benzene rings is 1. The van der Waals surface area contributed by atoms with Crippen molar-refractivity contribution in [1.82, 2.24) is 9.62 Å². The highest BCUT2D eigenvalue weighted by Gasteiger charge is 2.27. The Morgan fingerprint density at radius 3 is 2.59 bits per heavy atom. The van der Waals surface area contributed by atoms with Crippen LogP contribution in [0.4, 0.5) is 4.39 Å². The first-order valence-electron chi connectivity index (χ1n) is 6.96. The number of hydrogen-bond donors (Lipinski definition) is 1. The van der Waals surface area contributed by atoms with Crippen molar-refractivity contribution >= 4 is 15.9 Å². The van der Waals surface area contributed by atoms with Crippen LogP contribution < -0.4 is 4.72 Å². The van der Waals surface area contributed by atoms with Crippen molar-refractivity contribution in [3.63, 3.8) is 0 Å². The van der Waals surface area contributed by atoms with Gasteiger partial charge in [-0.3, -0.25) is 4.79 Å². The van der Waals surface area contributed by atoms with Gasteiger partial charge in [0.1, 0.15) is 5.82 Å². The van der Waals surface area contributed by atoms with E-state index in [1.54, 1.807) is 4.90 Å². The quantitative estimate of drug-likeness (QED) is 0.880. The molecule has 8 heteroatoms. The van der Waals surface area contributed by atoms with Crippen LogP contribution in [0.1, 0.15) is 12.5 Å². The van der Waals surface area contributed by atoms with Crippen molar-refractivity contribution in [2.45, 2.75) is 24.8 Å². The van der Waals surface area contributed by atoms with Crippen molar-refractivity contribution < 1.29 is 22.3 Å². The summed E-state index contributed by atoms with van der Waals surface area (Å²) in [6.45, 7) is 4.76. The van der Waals surface area contributed by atoms with Gasteiger partial charge in [0.15, 0.2) is 0 Å². The number of hydrogen-bond acceptors (Lipinski definition) is 4. The number of rotatable bonds is 4. The molecule has 1 N–H and O–H groups in total. The van der Waals surface area contributed by atoms with Gasteiger partial charge in [-0.2, -0.15) is 4.72 Å². The molecular formula is C14H19FN2O4S. The van der Waals surface area contributed by atoms with Gasteiger partial charge >= 0.3 is 0 Å². The minimum atomic E-state index is -3.88. The lowest BCUT2D eigenvalue weighted by Crippen LogP contribution is -2.50. The fourth-order valence-electron chi connectivity index (χ4n) is 2.19. The zero-order valence-corrected chi connectivity index (χ0v) is 13.3. The molecule has 1 aromatic carbocycles. The van der Waals surface area contributed by atoms with E-state index in [4.69, 9.17) is 4.74 Å². The molecule has 1 atom stereocenters. The van der Waals surface area contributed by atoms with Crippen LogP contribution in [0.3, 0.4) is 0 Å². The molecule has 1 fully saturated rings. The molecule has 1 heterocycles. The Bertz CT molecular complexity index is 657. The van der Waals surface area contributed by atoms with Crippen LogP contribution in [-0.4, -0.2) is 51.6 Å². The Morgan fingerprint density at radius 2 is 2.00 bits per heavy atom. The Labute approximate surface area is 129 Å². The molecule has 1 aliphatic rings. The Hall–Kier alpha value is -1.51. The summed E-state index contributed by atoms with van der Waals surface area (Å²) in [5.41, 5.74) is 0.232. The molecule has 1 amide bonds. The van der Waals surface area contributed by atoms with Crippen molar-refractivity contribution in [1.29, 1.82) is 0 Å². The van der Waals surface area contributed by atoms with Gasteiger partial charge < -0.3 is 9.64 Å². The van der Waals surface area contributed by atoms with Crippen molar-refractivity contribution in [3.05, 3.63) is 29.6 Å². The van der Waals surface area contributed by atoms with Gasteiger partial charge in [0.25, 0.3) is 0 Å². The van der Waals surface area contributed by atoms with E-state index in [1.165, 1.54) is 26.0 Å². The lowest BCUT2D eigenvalue weighted by molar-refractivity contribution is -0.136. The van der Waals surface area contributed by atoms with Gasteiger partial charge in [0.2, 0.25) is 15.9 Å². The van der Waals surface area contributed by atoms with Crippen LogP contribution in [0.25, 0.3) is 0 Å². The molecule has 22 heavy (non-hydrogen) atoms. The highest BCUT2D eigenvalue weighted by atomic mass is 32.2. The van der Waals surface area contributed by atoms with Crippen LogP contribution in [0.2, 0.25) is 0 Å². The zero-order valence-electron chi connectivity index (χ0n) is 12.5. The standard InChI is InChI=1S/C14H19FN2O4S/c1-10-9-12(3-4-13(10)15)22(19,20)16-11(2)14(18)17-5-7-21-8-6-17/h3-4,9,11,16H,5-8H2,1-2H3/t11-/m0/s1. The fraction of sp³-hybridized carbons (Fsp3) is 0.500. The number of ether oxygens (including phenoxy) is 1. The average Bonchev–Trinajstić information content (AvgIpc) is 2.49. The number of amides is 1. The van der Waals surface area contributed by atoms with Gasteiger partial charge in [-0.25, -0.2) is 12.8 Å². The lowest BCUT2D eigenvalue weighted by atomic mass is 10.2. The number of aryl methyl sites for hydroxylation is 1. The number of carbonyl (C=O) groups is 1. The third-order valence-electron chi connectivity index (χ3n) is 3.46. The second-order valence-corrected chi connectivity index (χ2v) is 6.91. The first kappa shape index (κ1) is 16.9. The van der Waals surface area contributed by atoms with Gasteiger partial charge in [0, 0.05) is 13.1 Å². The number of nitrogens with zero attached hydrogens (tertiary/aromatic N) is 1. The SMILES string of the molecule is Cc1cc(S(=O)(=O)N[C@@H](C)C(=O)N2CCOCC2)ccc1F. The molecule has 0 aromatic heterocycles. The Morgan fingerprint density at radius 1 is 1.36 bits per heavy atom. The molecule has 0 saturated carbocycles. The maximum atomic E-state index is 13.2. The van der Waals surface area contributed by atoms with Crippen LogP contribution >= 0.6 is 0 Å². The molecule has 0 spiro atoms. The Kier molecular flexibility index (Phi) is 5.15. The molecule has 1 saturated heterocycles. The molecule has 0 aliphatic carbocycles. The van der Waals surface area contributed by atoms with Crippen LogP contribution in [0.5, 0.6) is 0 Å². The molecule has 0 unspecified atom stereocenters. The highest BCUT2D eigenvalue weighted by molar-refractivity contribution is 7.89. The summed E-state index contributed by atoms with van der Waals surface area (Å²) in [5.74, 6) is -0.776. The van der Waals surface area contributed by atoms with Crippen LogP contribution in [0, 0.1) is 12.7 Å². The summed E-state index contributed by atoms with van der Waals surface area (Å²) < 4.78 is 45.3. The summed E-state index contributed by atoms with van der Waals surface area (Å²) in [6.07, 6.45) is 0. The molecule has 0 bridgehead atoms. The van der Waals surface area contributed by atoms with E-state index in [1.807, 2.05) is 0 Å². The largest absolute Gasteiger partial charge is 0.378 e. The number of halogens is 1. The molecular weight excluding hydrogens is 311 g/mol. The van der Waals surface area contributed by atoms with Gasteiger partial charge in [-0.1, -0.05) is 0 Å². The summed E-state index contributed by atoms with van der Waals surface area (Å²) in [5, 5.41) is 0. The van der Waals surface area contributed by atoms with Crippen LogP contribution in [-0.2, 0) is 19.6 Å². The third-order valence-corrected chi connectivity index (χ3v) is 5.00. The maximum Gasteiger partial charge on any atom is 0.241 e. The Balaban J connectivity index is 2.10. The zero-order chi connectivity index (χ0) is 16.3. The molecule has 6 nitrogen and oxygen atoms in total. The van der Waals surface area contributed by atoms with Crippen molar-refractivity contribution in [2.24, 2.45) is 0 Å². The summed E-state index contributed by atoms with van der Waals surface area (Å²) in [4.78, 5) is 13.7. The van der Waals surface area contributed by atoms with E-state index in [9.17, 15) is 17.6 Å². The summed E-state index contributed by atoms with van der Waals surface area (Å²) >= 11 is 0. The lowest BCUT2D eigenvalue weighted by Gasteiger charge is -2.29. The fourth-order valence-corrected chi connectivity index (χ4v) is 3.47. The second kappa shape index (κ2) is 6.72. The minimum Gasteiger partial charge on any atom is -0.378 e. The first-order valence-corrected chi connectivity index (χ1v) is 8.44. The maximum absolute atomic E-state index is 13.2. The van der Waals surface area contributed by atoms with E-state index in [0.717, 1.165) is 6.07 Å². The van der Waals surface area contributed by atoms with E-state index in [2.05, 4.69) is 4.72 Å². The smallest absolute Gasteiger partial charge is 0.241 e. The predicted octanol–water partition coefficient (Wildman–Crippen LogP) is 0.660. The third kappa shape index (κ3) is 3.82. The molecule has 1 aliphatic heterocycles. The average molecular weight is 330 g/mol. The van der Waals surface area contributed by atoms with Gasteiger partial charge in [-0.05, 0) is 37.6 Å². The number of sulfonamides is 1. The molecule has 122 valence electrons. The number of morpholine rings is 1. The van der Waals surface area contributed by atoms with E-state index in [-0.39, 0.29) is 16.4 Å². The summed E-state index contributed by atoms with van der Waals surface area (Å²) in [7, 11) is -3.88. The number of nitrogens with one attached hydrogen (secondary N) is 1. The molecule has 1 aromatic rings. The second-order valence-electron chi connectivity index (χ2n) is 5.19.